The van der Waals surface area contributed by atoms with Gasteiger partial charge in [0.15, 0.2) is 6.29 Å². The highest BCUT2D eigenvalue weighted by Gasteiger charge is 2.14. The van der Waals surface area contributed by atoms with Crippen molar-refractivity contribution in [2.45, 2.75) is 27.7 Å². The van der Waals surface area contributed by atoms with Crippen molar-refractivity contribution >= 4 is 17.9 Å². The highest BCUT2D eigenvalue weighted by Crippen LogP contribution is 2.34. The lowest BCUT2D eigenvalue weighted by Gasteiger charge is -2.17. The Hall–Kier alpha value is -1.60. The lowest BCUT2D eigenvalue weighted by atomic mass is 9.88. The maximum atomic E-state index is 11.3. The van der Waals surface area contributed by atoms with Gasteiger partial charge in [-0.25, -0.2) is 0 Å². The summed E-state index contributed by atoms with van der Waals surface area (Å²) in [5, 5.41) is 0.651. The zero-order valence-electron chi connectivity index (χ0n) is 11.7. The van der Waals surface area contributed by atoms with Crippen molar-refractivity contribution in [2.24, 2.45) is 0 Å². The Labute approximate surface area is 119 Å². The minimum atomic E-state index is 0.651. The van der Waals surface area contributed by atoms with Gasteiger partial charge >= 0.3 is 0 Å². The number of aldehydes is 1. The van der Waals surface area contributed by atoms with Crippen molar-refractivity contribution in [3.63, 3.8) is 0 Å². The first kappa shape index (κ1) is 13.8. The number of aryl methyl sites for hydroxylation is 2. The van der Waals surface area contributed by atoms with Gasteiger partial charge in [0.05, 0.1) is 0 Å². The van der Waals surface area contributed by atoms with Crippen LogP contribution in [0, 0.1) is 27.7 Å². The molecule has 0 heterocycles. The van der Waals surface area contributed by atoms with Crippen molar-refractivity contribution < 1.29 is 4.79 Å². The van der Waals surface area contributed by atoms with Crippen molar-refractivity contribution in [2.75, 3.05) is 0 Å². The van der Waals surface area contributed by atoms with Crippen LogP contribution < -0.4 is 0 Å². The summed E-state index contributed by atoms with van der Waals surface area (Å²) in [7, 11) is 0. The second-order valence-electron chi connectivity index (χ2n) is 4.98. The predicted molar refractivity (Wildman–Crippen MR) is 81.2 cm³/mol. The van der Waals surface area contributed by atoms with Gasteiger partial charge in [-0.3, -0.25) is 4.79 Å². The Morgan fingerprint density at radius 2 is 1.53 bits per heavy atom. The van der Waals surface area contributed by atoms with Crippen LogP contribution in [0.25, 0.3) is 11.1 Å². The molecule has 2 heteroatoms. The number of benzene rings is 2. The first-order chi connectivity index (χ1) is 8.95. The molecule has 2 aromatic rings. The number of rotatable bonds is 2. The molecule has 2 aromatic carbocycles. The first-order valence-electron chi connectivity index (χ1n) is 6.28. The maximum absolute atomic E-state index is 11.3. The SMILES string of the molecule is Cc1cc(C)c(C)c(-c2cc(Cl)ccc2C=O)c1C. The maximum Gasteiger partial charge on any atom is 0.150 e. The third-order valence-corrected chi connectivity index (χ3v) is 4.01. The molecule has 0 aliphatic rings. The van der Waals surface area contributed by atoms with Gasteiger partial charge in [-0.2, -0.15) is 0 Å². The molecule has 0 amide bonds. The van der Waals surface area contributed by atoms with Gasteiger partial charge in [-0.1, -0.05) is 17.7 Å². The van der Waals surface area contributed by atoms with E-state index in [-0.39, 0.29) is 0 Å². The average molecular weight is 273 g/mol. The largest absolute Gasteiger partial charge is 0.298 e. The molecule has 0 atom stereocenters. The van der Waals surface area contributed by atoms with Gasteiger partial charge < -0.3 is 0 Å². The molecule has 19 heavy (non-hydrogen) atoms. The number of carbonyl (C=O) groups is 1. The lowest BCUT2D eigenvalue weighted by molar-refractivity contribution is 0.112. The molecular weight excluding hydrogens is 256 g/mol. The van der Waals surface area contributed by atoms with Crippen molar-refractivity contribution in [3.05, 3.63) is 57.1 Å². The highest BCUT2D eigenvalue weighted by molar-refractivity contribution is 6.31. The van der Waals surface area contributed by atoms with Crippen LogP contribution in [-0.4, -0.2) is 6.29 Å². The minimum absolute atomic E-state index is 0.651. The van der Waals surface area contributed by atoms with Gasteiger partial charge in [-0.15, -0.1) is 0 Å². The number of hydrogen-bond donors (Lipinski definition) is 0. The molecular formula is C17H17ClO. The van der Waals surface area contributed by atoms with Crippen LogP contribution in [0.4, 0.5) is 0 Å². The van der Waals surface area contributed by atoms with Crippen molar-refractivity contribution in [1.29, 1.82) is 0 Å². The van der Waals surface area contributed by atoms with Gasteiger partial charge in [-0.05, 0) is 79.3 Å². The van der Waals surface area contributed by atoms with E-state index in [1.54, 1.807) is 12.1 Å². The molecule has 0 aromatic heterocycles. The Kier molecular flexibility index (Phi) is 3.77. The van der Waals surface area contributed by atoms with E-state index in [0.29, 0.717) is 10.6 Å². The molecule has 0 radical (unpaired) electrons. The third-order valence-electron chi connectivity index (χ3n) is 3.78. The summed E-state index contributed by atoms with van der Waals surface area (Å²) in [6.07, 6.45) is 0.891. The van der Waals surface area contributed by atoms with Crippen LogP contribution >= 0.6 is 11.6 Å². The lowest BCUT2D eigenvalue weighted by Crippen LogP contribution is -1.98. The van der Waals surface area contributed by atoms with Crippen LogP contribution in [0.3, 0.4) is 0 Å². The quantitative estimate of drug-likeness (QED) is 0.699. The fourth-order valence-corrected chi connectivity index (χ4v) is 2.64. The molecule has 0 spiro atoms. The molecule has 98 valence electrons. The summed E-state index contributed by atoms with van der Waals surface area (Å²) in [6, 6.07) is 7.59. The van der Waals surface area contributed by atoms with E-state index < -0.39 is 0 Å². The Morgan fingerprint density at radius 1 is 0.947 bits per heavy atom. The number of carbonyl (C=O) groups excluding carboxylic acids is 1. The first-order valence-corrected chi connectivity index (χ1v) is 6.66. The molecule has 0 bridgehead atoms. The van der Waals surface area contributed by atoms with Gasteiger partial charge in [0.2, 0.25) is 0 Å². The van der Waals surface area contributed by atoms with Crippen LogP contribution in [0.5, 0.6) is 0 Å². The standard InChI is InChI=1S/C17H17ClO/c1-10-7-11(2)13(4)17(12(10)3)16-8-15(18)6-5-14(16)9-19/h5-9H,1-4H3. The molecule has 0 saturated heterocycles. The zero-order valence-corrected chi connectivity index (χ0v) is 12.4. The molecule has 0 aliphatic carbocycles. The van der Waals surface area contributed by atoms with Crippen molar-refractivity contribution in [1.82, 2.24) is 0 Å². The second kappa shape index (κ2) is 5.18. The Bertz CT molecular complexity index is 631. The van der Waals surface area contributed by atoms with Crippen molar-refractivity contribution in [3.8, 4) is 11.1 Å². The molecule has 2 rings (SSSR count). The Balaban J connectivity index is 2.86. The number of halogens is 1. The van der Waals surface area contributed by atoms with E-state index >= 15 is 0 Å². The minimum Gasteiger partial charge on any atom is -0.298 e. The summed E-state index contributed by atoms with van der Waals surface area (Å²) in [6.45, 7) is 8.37. The van der Waals surface area contributed by atoms with E-state index in [0.717, 1.165) is 17.4 Å². The van der Waals surface area contributed by atoms with E-state index in [2.05, 4.69) is 33.8 Å². The number of hydrogen-bond acceptors (Lipinski definition) is 1. The zero-order chi connectivity index (χ0) is 14.2. The molecule has 0 saturated carbocycles. The molecule has 0 fully saturated rings. The van der Waals surface area contributed by atoms with Crippen LogP contribution in [0.2, 0.25) is 5.02 Å². The average Bonchev–Trinajstić information content (AvgIpc) is 2.37. The van der Waals surface area contributed by atoms with Gasteiger partial charge in [0.1, 0.15) is 0 Å². The Morgan fingerprint density at radius 3 is 2.05 bits per heavy atom. The molecule has 0 unspecified atom stereocenters. The van der Waals surface area contributed by atoms with E-state index in [4.69, 9.17) is 11.6 Å². The summed E-state index contributed by atoms with van der Waals surface area (Å²) in [5.74, 6) is 0. The normalized spacial score (nSPS) is 10.6. The summed E-state index contributed by atoms with van der Waals surface area (Å²) < 4.78 is 0. The van der Waals surface area contributed by atoms with Crippen LogP contribution in [0.1, 0.15) is 32.6 Å². The molecule has 0 aliphatic heterocycles. The second-order valence-corrected chi connectivity index (χ2v) is 5.42. The van der Waals surface area contributed by atoms with E-state index in [9.17, 15) is 4.79 Å². The summed E-state index contributed by atoms with van der Waals surface area (Å²) in [4.78, 5) is 11.3. The smallest absolute Gasteiger partial charge is 0.150 e. The van der Waals surface area contributed by atoms with Crippen LogP contribution in [-0.2, 0) is 0 Å². The van der Waals surface area contributed by atoms with Gasteiger partial charge in [0, 0.05) is 10.6 Å². The predicted octanol–water partition coefficient (Wildman–Crippen LogP) is 5.05. The van der Waals surface area contributed by atoms with Gasteiger partial charge in [0.25, 0.3) is 0 Å². The van der Waals surface area contributed by atoms with E-state index in [1.165, 1.54) is 22.3 Å². The fourth-order valence-electron chi connectivity index (χ4n) is 2.47. The highest BCUT2D eigenvalue weighted by atomic mass is 35.5. The topological polar surface area (TPSA) is 17.1 Å². The molecule has 1 nitrogen and oxygen atoms in total. The summed E-state index contributed by atoms with van der Waals surface area (Å²) >= 11 is 6.09. The third kappa shape index (κ3) is 2.43. The monoisotopic (exact) mass is 272 g/mol. The fraction of sp³-hybridized carbons (Fsp3) is 0.235. The molecule has 0 N–H and O–H groups in total. The summed E-state index contributed by atoms with van der Waals surface area (Å²) in [5.41, 5.74) is 7.60. The van der Waals surface area contributed by atoms with Crippen LogP contribution in [0.15, 0.2) is 24.3 Å². The van der Waals surface area contributed by atoms with E-state index in [1.807, 2.05) is 6.07 Å².